The van der Waals surface area contributed by atoms with Crippen LogP contribution >= 0.6 is 11.3 Å². The summed E-state index contributed by atoms with van der Waals surface area (Å²) in [5.41, 5.74) is 0.228. The zero-order valence-corrected chi connectivity index (χ0v) is 12.2. The number of halogens is 3. The summed E-state index contributed by atoms with van der Waals surface area (Å²) in [4.78, 5) is 7.30. The summed E-state index contributed by atoms with van der Waals surface area (Å²) in [5.74, 6) is -0.00522. The first-order valence-electron chi connectivity index (χ1n) is 6.63. The van der Waals surface area contributed by atoms with Crippen molar-refractivity contribution in [3.63, 3.8) is 0 Å². The van der Waals surface area contributed by atoms with Gasteiger partial charge in [-0.05, 0) is 34.9 Å². The first kappa shape index (κ1) is 14.8. The number of alkyl halides is 3. The Morgan fingerprint density at radius 2 is 1.95 bits per heavy atom. The molecule has 0 aliphatic heterocycles. The quantitative estimate of drug-likeness (QED) is 0.775. The number of nitrogens with zero attached hydrogens (tertiary/aromatic N) is 2. The van der Waals surface area contributed by atoms with Gasteiger partial charge in [0.1, 0.15) is 5.69 Å². The Labute approximate surface area is 128 Å². The van der Waals surface area contributed by atoms with Crippen molar-refractivity contribution in [3.05, 3.63) is 53.2 Å². The fourth-order valence-electron chi connectivity index (χ4n) is 2.14. The molecule has 0 aliphatic rings. The molecule has 0 saturated carbocycles. The molecule has 3 rings (SSSR count). The van der Waals surface area contributed by atoms with E-state index in [0.29, 0.717) is 13.0 Å². The molecule has 0 amide bonds. The van der Waals surface area contributed by atoms with Gasteiger partial charge in [0, 0.05) is 17.4 Å². The number of rotatable bonds is 4. The van der Waals surface area contributed by atoms with Gasteiger partial charge in [0.05, 0.1) is 0 Å². The lowest BCUT2D eigenvalue weighted by Crippen LogP contribution is -2.13. The summed E-state index contributed by atoms with van der Waals surface area (Å²) in [7, 11) is 0. The summed E-state index contributed by atoms with van der Waals surface area (Å²) in [6, 6.07) is 8.91. The summed E-state index contributed by atoms with van der Waals surface area (Å²) in [6.45, 7) is 0.474. The first-order valence-corrected chi connectivity index (χ1v) is 7.51. The van der Waals surface area contributed by atoms with E-state index in [1.54, 1.807) is 11.3 Å². The second kappa shape index (κ2) is 5.92. The Balaban J connectivity index is 1.66. The Kier molecular flexibility index (Phi) is 3.98. The predicted molar refractivity (Wildman–Crippen MR) is 81.1 cm³/mol. The lowest BCUT2D eigenvalue weighted by atomic mass is 10.1. The Morgan fingerprint density at radius 3 is 2.77 bits per heavy atom. The molecule has 1 N–H and O–H groups in total. The maximum absolute atomic E-state index is 12.6. The molecular formula is C15H12F3N3S. The SMILES string of the molecule is FC(F)(F)c1ccnc(NCCc2csc3ccccc23)n1. The topological polar surface area (TPSA) is 37.8 Å². The van der Waals surface area contributed by atoms with Crippen molar-refractivity contribution >= 4 is 27.4 Å². The van der Waals surface area contributed by atoms with E-state index < -0.39 is 11.9 Å². The minimum atomic E-state index is -4.46. The van der Waals surface area contributed by atoms with Crippen molar-refractivity contribution in [2.24, 2.45) is 0 Å². The van der Waals surface area contributed by atoms with E-state index in [9.17, 15) is 13.2 Å². The molecule has 2 aromatic heterocycles. The van der Waals surface area contributed by atoms with E-state index in [1.807, 2.05) is 24.3 Å². The molecule has 3 nitrogen and oxygen atoms in total. The molecular weight excluding hydrogens is 311 g/mol. The third kappa shape index (κ3) is 3.19. The summed E-state index contributed by atoms with van der Waals surface area (Å²) in [5, 5.41) is 6.09. The van der Waals surface area contributed by atoms with Crippen molar-refractivity contribution in [3.8, 4) is 0 Å². The highest BCUT2D eigenvalue weighted by molar-refractivity contribution is 7.17. The zero-order chi connectivity index (χ0) is 15.6. The van der Waals surface area contributed by atoms with E-state index in [2.05, 4.69) is 20.7 Å². The normalized spacial score (nSPS) is 11.8. The maximum Gasteiger partial charge on any atom is 0.433 e. The molecule has 7 heteroatoms. The van der Waals surface area contributed by atoms with Crippen LogP contribution in [0.25, 0.3) is 10.1 Å². The predicted octanol–water partition coefficient (Wildman–Crippen LogP) is 4.36. The number of fused-ring (bicyclic) bond motifs is 1. The molecule has 0 fully saturated rings. The van der Waals surface area contributed by atoms with Crippen LogP contribution in [0.1, 0.15) is 11.3 Å². The van der Waals surface area contributed by atoms with Crippen molar-refractivity contribution in [1.82, 2.24) is 9.97 Å². The zero-order valence-electron chi connectivity index (χ0n) is 11.4. The van der Waals surface area contributed by atoms with Crippen LogP contribution in [-0.2, 0) is 12.6 Å². The van der Waals surface area contributed by atoms with E-state index in [4.69, 9.17) is 0 Å². The minimum absolute atomic E-state index is 0.00522. The average molecular weight is 323 g/mol. The van der Waals surface area contributed by atoms with Crippen LogP contribution in [0.4, 0.5) is 19.1 Å². The van der Waals surface area contributed by atoms with Crippen LogP contribution in [0.5, 0.6) is 0 Å². The first-order chi connectivity index (χ1) is 10.5. The van der Waals surface area contributed by atoms with Crippen LogP contribution in [0.2, 0.25) is 0 Å². The summed E-state index contributed by atoms with van der Waals surface area (Å²) >= 11 is 1.66. The van der Waals surface area contributed by atoms with Crippen molar-refractivity contribution in [2.75, 3.05) is 11.9 Å². The number of thiophene rings is 1. The minimum Gasteiger partial charge on any atom is -0.354 e. The number of benzene rings is 1. The van der Waals surface area contributed by atoms with Crippen LogP contribution < -0.4 is 5.32 Å². The van der Waals surface area contributed by atoms with E-state index in [1.165, 1.54) is 15.6 Å². The van der Waals surface area contributed by atoms with Crippen LogP contribution in [0.15, 0.2) is 41.9 Å². The fraction of sp³-hybridized carbons (Fsp3) is 0.200. The number of hydrogen-bond donors (Lipinski definition) is 1. The molecule has 114 valence electrons. The molecule has 0 saturated heterocycles. The van der Waals surface area contributed by atoms with E-state index >= 15 is 0 Å². The van der Waals surface area contributed by atoms with Gasteiger partial charge in [0.15, 0.2) is 0 Å². The highest BCUT2D eigenvalue weighted by Crippen LogP contribution is 2.28. The fourth-order valence-corrected chi connectivity index (χ4v) is 3.13. The van der Waals surface area contributed by atoms with E-state index in [-0.39, 0.29) is 5.95 Å². The lowest BCUT2D eigenvalue weighted by molar-refractivity contribution is -0.141. The van der Waals surface area contributed by atoms with Gasteiger partial charge in [0.25, 0.3) is 0 Å². The number of hydrogen-bond acceptors (Lipinski definition) is 4. The number of aromatic nitrogens is 2. The molecule has 1 aromatic carbocycles. The molecule has 0 bridgehead atoms. The molecule has 0 radical (unpaired) electrons. The van der Waals surface area contributed by atoms with Gasteiger partial charge in [-0.3, -0.25) is 0 Å². The van der Waals surface area contributed by atoms with Gasteiger partial charge >= 0.3 is 6.18 Å². The molecule has 3 aromatic rings. The largest absolute Gasteiger partial charge is 0.433 e. The Morgan fingerprint density at radius 1 is 1.14 bits per heavy atom. The monoisotopic (exact) mass is 323 g/mol. The summed E-state index contributed by atoms with van der Waals surface area (Å²) in [6.07, 6.45) is -2.65. The molecule has 2 heterocycles. The number of nitrogens with one attached hydrogen (secondary N) is 1. The van der Waals surface area contributed by atoms with Crippen LogP contribution in [0.3, 0.4) is 0 Å². The highest BCUT2D eigenvalue weighted by atomic mass is 32.1. The van der Waals surface area contributed by atoms with Gasteiger partial charge in [0.2, 0.25) is 5.95 Å². The third-order valence-electron chi connectivity index (χ3n) is 3.18. The van der Waals surface area contributed by atoms with Crippen LogP contribution in [0, 0.1) is 0 Å². The van der Waals surface area contributed by atoms with Gasteiger partial charge in [-0.25, -0.2) is 9.97 Å². The highest BCUT2D eigenvalue weighted by Gasteiger charge is 2.32. The third-order valence-corrected chi connectivity index (χ3v) is 4.20. The van der Waals surface area contributed by atoms with Gasteiger partial charge in [-0.2, -0.15) is 13.2 Å². The lowest BCUT2D eigenvalue weighted by Gasteiger charge is -2.08. The molecule has 0 unspecified atom stereocenters. The van der Waals surface area contributed by atoms with Crippen LogP contribution in [-0.4, -0.2) is 16.5 Å². The molecule has 0 aliphatic carbocycles. The van der Waals surface area contributed by atoms with Crippen molar-refractivity contribution in [1.29, 1.82) is 0 Å². The second-order valence-corrected chi connectivity index (χ2v) is 5.61. The smallest absolute Gasteiger partial charge is 0.354 e. The summed E-state index contributed by atoms with van der Waals surface area (Å²) < 4.78 is 38.9. The van der Waals surface area contributed by atoms with Crippen molar-refractivity contribution < 1.29 is 13.2 Å². The molecule has 0 atom stereocenters. The Hall–Kier alpha value is -2.15. The van der Waals surface area contributed by atoms with Crippen molar-refractivity contribution in [2.45, 2.75) is 12.6 Å². The molecule has 0 spiro atoms. The average Bonchev–Trinajstić information content (AvgIpc) is 2.90. The van der Waals surface area contributed by atoms with Gasteiger partial charge in [-0.15, -0.1) is 11.3 Å². The molecule has 22 heavy (non-hydrogen) atoms. The standard InChI is InChI=1S/C15H12F3N3S/c16-15(17,18)13-6-8-20-14(21-13)19-7-5-10-9-22-12-4-2-1-3-11(10)12/h1-4,6,8-9H,5,7H2,(H,19,20,21). The number of anilines is 1. The Bertz CT molecular complexity index is 783. The maximum atomic E-state index is 12.6. The van der Waals surface area contributed by atoms with E-state index in [0.717, 1.165) is 12.3 Å². The second-order valence-electron chi connectivity index (χ2n) is 4.70. The van der Waals surface area contributed by atoms with Gasteiger partial charge in [-0.1, -0.05) is 18.2 Å². The van der Waals surface area contributed by atoms with Gasteiger partial charge < -0.3 is 5.32 Å².